The summed E-state index contributed by atoms with van der Waals surface area (Å²) in [6.45, 7) is -0.935. The molecule has 5 heteroatoms. The molecule has 0 aliphatic carbocycles. The number of para-hydroxylation sites is 1. The van der Waals surface area contributed by atoms with E-state index in [-0.39, 0.29) is 5.75 Å². The van der Waals surface area contributed by atoms with Gasteiger partial charge in [-0.05, 0) is 23.3 Å². The molecule has 1 aliphatic heterocycles. The Morgan fingerprint density at radius 2 is 2.00 bits per heavy atom. The van der Waals surface area contributed by atoms with Gasteiger partial charge < -0.3 is 14.8 Å². The van der Waals surface area contributed by atoms with E-state index in [0.29, 0.717) is 18.7 Å². The highest BCUT2D eigenvalue weighted by Crippen LogP contribution is 2.26. The predicted molar refractivity (Wildman–Crippen MR) is 79.3 cm³/mol. The minimum absolute atomic E-state index is 0.215. The molecule has 0 saturated carbocycles. The SMILES string of the molecule is FC(F)Oc1ccccc1CNCc1ccc2c(c1)CCO2. The molecule has 0 amide bonds. The van der Waals surface area contributed by atoms with Crippen LogP contribution >= 0.6 is 0 Å². The Morgan fingerprint density at radius 3 is 2.86 bits per heavy atom. The van der Waals surface area contributed by atoms with E-state index in [1.54, 1.807) is 18.2 Å². The zero-order chi connectivity index (χ0) is 15.4. The molecule has 1 N–H and O–H groups in total. The van der Waals surface area contributed by atoms with Gasteiger partial charge in [0.1, 0.15) is 11.5 Å². The Kier molecular flexibility index (Phi) is 4.53. The molecule has 2 aromatic rings. The van der Waals surface area contributed by atoms with Gasteiger partial charge in [0.2, 0.25) is 0 Å². The van der Waals surface area contributed by atoms with Crippen molar-refractivity contribution in [3.8, 4) is 11.5 Å². The largest absolute Gasteiger partial charge is 0.493 e. The Labute approximate surface area is 127 Å². The highest BCUT2D eigenvalue weighted by atomic mass is 19.3. The van der Waals surface area contributed by atoms with Gasteiger partial charge in [0.25, 0.3) is 0 Å². The van der Waals surface area contributed by atoms with Gasteiger partial charge in [0.15, 0.2) is 0 Å². The first kappa shape index (κ1) is 14.8. The summed E-state index contributed by atoms with van der Waals surface area (Å²) in [4.78, 5) is 0. The highest BCUT2D eigenvalue weighted by molar-refractivity contribution is 5.40. The first-order valence-electron chi connectivity index (χ1n) is 7.20. The molecule has 1 heterocycles. The molecule has 22 heavy (non-hydrogen) atoms. The van der Waals surface area contributed by atoms with Crippen LogP contribution in [-0.2, 0) is 19.5 Å². The second kappa shape index (κ2) is 6.75. The molecule has 0 spiro atoms. The molecule has 0 atom stereocenters. The van der Waals surface area contributed by atoms with Crippen molar-refractivity contribution in [2.75, 3.05) is 6.61 Å². The van der Waals surface area contributed by atoms with Crippen LogP contribution in [-0.4, -0.2) is 13.2 Å². The van der Waals surface area contributed by atoms with Gasteiger partial charge in [0.05, 0.1) is 6.61 Å². The lowest BCUT2D eigenvalue weighted by Gasteiger charge is -2.11. The molecule has 3 nitrogen and oxygen atoms in total. The van der Waals surface area contributed by atoms with Crippen LogP contribution in [0, 0.1) is 0 Å². The number of hydrogen-bond donors (Lipinski definition) is 1. The average molecular weight is 305 g/mol. The summed E-state index contributed by atoms with van der Waals surface area (Å²) in [6.07, 6.45) is 0.939. The van der Waals surface area contributed by atoms with Crippen LogP contribution in [0.4, 0.5) is 8.78 Å². The van der Waals surface area contributed by atoms with E-state index < -0.39 is 6.61 Å². The van der Waals surface area contributed by atoms with E-state index in [4.69, 9.17) is 4.74 Å². The van der Waals surface area contributed by atoms with Crippen LogP contribution in [0.3, 0.4) is 0 Å². The van der Waals surface area contributed by atoms with Crippen LogP contribution in [0.25, 0.3) is 0 Å². The van der Waals surface area contributed by atoms with Crippen molar-refractivity contribution in [2.45, 2.75) is 26.1 Å². The number of fused-ring (bicyclic) bond motifs is 1. The third kappa shape index (κ3) is 3.54. The minimum Gasteiger partial charge on any atom is -0.493 e. The summed E-state index contributed by atoms with van der Waals surface area (Å²) in [5.74, 6) is 1.17. The lowest BCUT2D eigenvalue weighted by molar-refractivity contribution is -0.0505. The van der Waals surface area contributed by atoms with Crippen molar-refractivity contribution >= 4 is 0 Å². The van der Waals surface area contributed by atoms with Gasteiger partial charge in [-0.25, -0.2) is 0 Å². The minimum atomic E-state index is -2.81. The molecule has 0 unspecified atom stereocenters. The van der Waals surface area contributed by atoms with Gasteiger partial charge in [0, 0.05) is 25.1 Å². The average Bonchev–Trinajstić information content (AvgIpc) is 2.96. The molecule has 0 fully saturated rings. The second-order valence-electron chi connectivity index (χ2n) is 5.13. The molecule has 1 aliphatic rings. The van der Waals surface area contributed by atoms with Crippen molar-refractivity contribution in [1.29, 1.82) is 0 Å². The number of ether oxygens (including phenoxy) is 2. The quantitative estimate of drug-likeness (QED) is 0.886. The zero-order valence-electron chi connectivity index (χ0n) is 12.0. The number of halogens is 2. The number of alkyl halides is 2. The Balaban J connectivity index is 1.59. The molecular weight excluding hydrogens is 288 g/mol. The molecule has 0 bridgehead atoms. The molecule has 3 rings (SSSR count). The van der Waals surface area contributed by atoms with E-state index in [0.717, 1.165) is 24.3 Å². The van der Waals surface area contributed by atoms with Crippen molar-refractivity contribution in [2.24, 2.45) is 0 Å². The van der Waals surface area contributed by atoms with E-state index in [2.05, 4.69) is 16.1 Å². The zero-order valence-corrected chi connectivity index (χ0v) is 12.0. The smallest absolute Gasteiger partial charge is 0.387 e. The fourth-order valence-electron chi connectivity index (χ4n) is 2.55. The summed E-state index contributed by atoms with van der Waals surface area (Å²) in [5, 5.41) is 3.26. The van der Waals surface area contributed by atoms with Crippen molar-refractivity contribution in [1.82, 2.24) is 5.32 Å². The first-order valence-corrected chi connectivity index (χ1v) is 7.20. The van der Waals surface area contributed by atoms with E-state index in [9.17, 15) is 8.78 Å². The highest BCUT2D eigenvalue weighted by Gasteiger charge is 2.12. The molecule has 2 aromatic carbocycles. The van der Waals surface area contributed by atoms with Crippen LogP contribution in [0.15, 0.2) is 42.5 Å². The Bertz CT molecular complexity index is 646. The van der Waals surface area contributed by atoms with Crippen LogP contribution in [0.2, 0.25) is 0 Å². The number of rotatable bonds is 6. The normalized spacial score (nSPS) is 13.0. The second-order valence-corrected chi connectivity index (χ2v) is 5.13. The maximum Gasteiger partial charge on any atom is 0.387 e. The lowest BCUT2D eigenvalue weighted by atomic mass is 10.1. The molecule has 0 radical (unpaired) electrons. The van der Waals surface area contributed by atoms with E-state index >= 15 is 0 Å². The number of hydrogen-bond acceptors (Lipinski definition) is 3. The van der Waals surface area contributed by atoms with Crippen molar-refractivity contribution in [3.63, 3.8) is 0 Å². The Hall–Kier alpha value is -2.14. The fraction of sp³-hybridized carbons (Fsp3) is 0.294. The monoisotopic (exact) mass is 305 g/mol. The van der Waals surface area contributed by atoms with Gasteiger partial charge in [-0.3, -0.25) is 0 Å². The van der Waals surface area contributed by atoms with Crippen LogP contribution in [0.1, 0.15) is 16.7 Å². The van der Waals surface area contributed by atoms with E-state index in [1.807, 2.05) is 18.2 Å². The van der Waals surface area contributed by atoms with Gasteiger partial charge in [-0.2, -0.15) is 8.78 Å². The van der Waals surface area contributed by atoms with Crippen LogP contribution in [0.5, 0.6) is 11.5 Å². The predicted octanol–water partition coefficient (Wildman–Crippen LogP) is 3.51. The maximum atomic E-state index is 12.4. The van der Waals surface area contributed by atoms with Gasteiger partial charge in [-0.15, -0.1) is 0 Å². The van der Waals surface area contributed by atoms with Crippen LogP contribution < -0.4 is 14.8 Å². The third-order valence-electron chi connectivity index (χ3n) is 3.59. The van der Waals surface area contributed by atoms with Crippen molar-refractivity contribution < 1.29 is 18.3 Å². The summed E-state index contributed by atoms with van der Waals surface area (Å²) in [7, 11) is 0. The topological polar surface area (TPSA) is 30.5 Å². The summed E-state index contributed by atoms with van der Waals surface area (Å²) >= 11 is 0. The van der Waals surface area contributed by atoms with E-state index in [1.165, 1.54) is 5.56 Å². The fourth-order valence-corrected chi connectivity index (χ4v) is 2.55. The van der Waals surface area contributed by atoms with Gasteiger partial charge in [-0.1, -0.05) is 30.3 Å². The summed E-state index contributed by atoms with van der Waals surface area (Å²) in [5.41, 5.74) is 3.09. The number of benzene rings is 2. The third-order valence-corrected chi connectivity index (χ3v) is 3.59. The number of nitrogens with one attached hydrogen (secondary N) is 1. The molecular formula is C17H17F2NO2. The first-order chi connectivity index (χ1) is 10.7. The molecule has 0 aromatic heterocycles. The summed E-state index contributed by atoms with van der Waals surface area (Å²) < 4.78 is 34.7. The van der Waals surface area contributed by atoms with Crippen molar-refractivity contribution in [3.05, 3.63) is 59.2 Å². The maximum absolute atomic E-state index is 12.4. The lowest BCUT2D eigenvalue weighted by Crippen LogP contribution is -2.14. The molecule has 0 saturated heterocycles. The Morgan fingerprint density at radius 1 is 1.14 bits per heavy atom. The summed E-state index contributed by atoms with van der Waals surface area (Å²) in [6, 6.07) is 12.9. The molecule has 116 valence electrons. The standard InChI is InChI=1S/C17H17F2NO2/c18-17(19)22-16-4-2-1-3-14(16)11-20-10-12-5-6-15-13(9-12)7-8-21-15/h1-6,9,17,20H,7-8,10-11H2. The van der Waals surface area contributed by atoms with Gasteiger partial charge >= 0.3 is 6.61 Å².